The van der Waals surface area contributed by atoms with E-state index in [1.807, 2.05) is 36.4 Å². The van der Waals surface area contributed by atoms with Gasteiger partial charge in [-0.1, -0.05) is 61.4 Å². The number of carbonyl (C=O) groups excluding carboxylic acids is 2. The van der Waals surface area contributed by atoms with Crippen LogP contribution in [0.3, 0.4) is 0 Å². The SMILES string of the molecule is O=C(O)CCC(NC(=O)OCC1c2ccccc2-c2ccccc21)C(=O)NC1CC2CCC(C2)C1. The largest absolute Gasteiger partial charge is 0.481 e. The highest BCUT2D eigenvalue weighted by Crippen LogP contribution is 2.44. The van der Waals surface area contributed by atoms with Crippen molar-refractivity contribution in [2.24, 2.45) is 11.8 Å². The van der Waals surface area contributed by atoms with E-state index in [0.717, 1.165) is 35.1 Å². The Bertz CT molecular complexity index is 1060. The number of fused-ring (bicyclic) bond motifs is 5. The van der Waals surface area contributed by atoms with Gasteiger partial charge in [-0.05, 0) is 59.8 Å². The van der Waals surface area contributed by atoms with Gasteiger partial charge >= 0.3 is 12.1 Å². The maximum absolute atomic E-state index is 13.0. The standard InChI is InChI=1S/C28H32N2O5/c31-26(32)12-11-25(27(33)29-19-14-17-9-10-18(13-17)15-19)30-28(34)35-16-24-22-7-3-1-5-20(22)21-6-2-4-8-23(21)24/h1-8,17-19,24-25H,9-16H2,(H,29,33)(H,30,34)(H,31,32). The molecule has 2 aromatic carbocycles. The zero-order valence-corrected chi connectivity index (χ0v) is 19.7. The van der Waals surface area contributed by atoms with Gasteiger partial charge in [0.1, 0.15) is 12.6 Å². The summed E-state index contributed by atoms with van der Waals surface area (Å²) in [4.78, 5) is 36.9. The smallest absolute Gasteiger partial charge is 0.407 e. The van der Waals surface area contributed by atoms with Crippen molar-refractivity contribution in [2.75, 3.05) is 6.61 Å². The number of ether oxygens (including phenoxy) is 1. The van der Waals surface area contributed by atoms with Crippen molar-refractivity contribution in [3.8, 4) is 11.1 Å². The molecule has 2 bridgehead atoms. The molecule has 2 aromatic rings. The lowest BCUT2D eigenvalue weighted by atomic mass is 9.85. The Morgan fingerprint density at radius 3 is 2.11 bits per heavy atom. The molecular weight excluding hydrogens is 444 g/mol. The van der Waals surface area contributed by atoms with E-state index in [-0.39, 0.29) is 37.3 Å². The highest BCUT2D eigenvalue weighted by atomic mass is 16.5. The summed E-state index contributed by atoms with van der Waals surface area (Å²) in [5.74, 6) is -0.103. The third kappa shape index (κ3) is 5.19. The minimum atomic E-state index is -1.01. The van der Waals surface area contributed by atoms with E-state index >= 15 is 0 Å². The summed E-state index contributed by atoms with van der Waals surface area (Å²) in [6.07, 6.45) is 4.70. The molecule has 35 heavy (non-hydrogen) atoms. The second-order valence-electron chi connectivity index (χ2n) is 10.2. The Morgan fingerprint density at radius 2 is 1.51 bits per heavy atom. The number of hydrogen-bond donors (Lipinski definition) is 3. The average molecular weight is 477 g/mol. The molecule has 2 fully saturated rings. The predicted octanol–water partition coefficient (Wildman–Crippen LogP) is 4.45. The number of nitrogens with one attached hydrogen (secondary N) is 2. The fourth-order valence-electron chi connectivity index (χ4n) is 6.25. The number of carboxylic acid groups (broad SMARTS) is 1. The van der Waals surface area contributed by atoms with Gasteiger partial charge in [0, 0.05) is 18.4 Å². The lowest BCUT2D eigenvalue weighted by Crippen LogP contribution is -2.51. The van der Waals surface area contributed by atoms with Gasteiger partial charge in [0.25, 0.3) is 0 Å². The number of amides is 2. The molecule has 184 valence electrons. The van der Waals surface area contributed by atoms with Gasteiger partial charge in [-0.15, -0.1) is 0 Å². The van der Waals surface area contributed by atoms with Crippen LogP contribution in [0.4, 0.5) is 4.79 Å². The molecule has 2 saturated carbocycles. The maximum Gasteiger partial charge on any atom is 0.407 e. The van der Waals surface area contributed by atoms with Crippen LogP contribution < -0.4 is 10.6 Å². The molecule has 3 unspecified atom stereocenters. The summed E-state index contributed by atoms with van der Waals surface area (Å²) in [5.41, 5.74) is 4.48. The second-order valence-corrected chi connectivity index (χ2v) is 10.2. The number of hydrogen-bond acceptors (Lipinski definition) is 4. The molecule has 3 aliphatic carbocycles. The summed E-state index contributed by atoms with van der Waals surface area (Å²) in [6.45, 7) is 0.138. The number of alkyl carbamates (subject to hydrolysis) is 1. The Kier molecular flexibility index (Phi) is 6.75. The first-order valence-corrected chi connectivity index (χ1v) is 12.6. The molecule has 7 nitrogen and oxygen atoms in total. The first-order chi connectivity index (χ1) is 17.0. The van der Waals surface area contributed by atoms with Crippen LogP contribution in [0.1, 0.15) is 62.0 Å². The molecule has 0 heterocycles. The van der Waals surface area contributed by atoms with Crippen molar-refractivity contribution in [1.29, 1.82) is 0 Å². The summed E-state index contributed by atoms with van der Waals surface area (Å²) in [7, 11) is 0. The molecule has 0 saturated heterocycles. The fraction of sp³-hybridized carbons (Fsp3) is 0.464. The van der Waals surface area contributed by atoms with Crippen LogP contribution in [0.5, 0.6) is 0 Å². The molecule has 3 aliphatic rings. The monoisotopic (exact) mass is 476 g/mol. The van der Waals surface area contributed by atoms with Crippen molar-refractivity contribution >= 4 is 18.0 Å². The first kappa shape index (κ1) is 23.4. The lowest BCUT2D eigenvalue weighted by Gasteiger charge is -2.30. The van der Waals surface area contributed by atoms with Crippen molar-refractivity contribution in [3.05, 3.63) is 59.7 Å². The van der Waals surface area contributed by atoms with Crippen molar-refractivity contribution in [2.45, 2.75) is 62.9 Å². The first-order valence-electron chi connectivity index (χ1n) is 12.6. The molecule has 2 amide bonds. The van der Waals surface area contributed by atoms with Crippen LogP contribution in [0.25, 0.3) is 11.1 Å². The Labute approximate surface area is 205 Å². The Morgan fingerprint density at radius 1 is 0.914 bits per heavy atom. The normalized spacial score (nSPS) is 23.1. The second kappa shape index (κ2) is 10.1. The van der Waals surface area contributed by atoms with E-state index in [2.05, 4.69) is 22.8 Å². The van der Waals surface area contributed by atoms with Crippen LogP contribution in [0.2, 0.25) is 0 Å². The molecule has 5 rings (SSSR count). The van der Waals surface area contributed by atoms with Gasteiger partial charge in [0.2, 0.25) is 5.91 Å². The quantitative estimate of drug-likeness (QED) is 0.522. The Balaban J connectivity index is 1.21. The minimum absolute atomic E-state index is 0.0188. The topological polar surface area (TPSA) is 105 Å². The molecule has 0 aromatic heterocycles. The summed E-state index contributed by atoms with van der Waals surface area (Å²) >= 11 is 0. The van der Waals surface area contributed by atoms with Crippen LogP contribution in [-0.2, 0) is 14.3 Å². The molecule has 0 aliphatic heterocycles. The zero-order valence-electron chi connectivity index (χ0n) is 19.7. The maximum atomic E-state index is 13.0. The molecule has 0 spiro atoms. The number of carbonyl (C=O) groups is 3. The predicted molar refractivity (Wildman–Crippen MR) is 131 cm³/mol. The molecular formula is C28H32N2O5. The zero-order chi connectivity index (χ0) is 24.4. The molecule has 3 N–H and O–H groups in total. The molecule has 3 atom stereocenters. The van der Waals surface area contributed by atoms with E-state index in [4.69, 9.17) is 9.84 Å². The van der Waals surface area contributed by atoms with Crippen molar-refractivity contribution in [3.63, 3.8) is 0 Å². The highest BCUT2D eigenvalue weighted by molar-refractivity contribution is 5.86. The number of rotatable bonds is 8. The van der Waals surface area contributed by atoms with Crippen molar-refractivity contribution < 1.29 is 24.2 Å². The summed E-state index contributed by atoms with van der Waals surface area (Å²) in [5, 5.41) is 14.8. The van der Waals surface area contributed by atoms with E-state index < -0.39 is 18.1 Å². The number of carboxylic acids is 1. The number of benzene rings is 2. The third-order valence-corrected chi connectivity index (χ3v) is 7.83. The lowest BCUT2D eigenvalue weighted by molar-refractivity contribution is -0.137. The van der Waals surface area contributed by atoms with E-state index in [1.165, 1.54) is 19.3 Å². The van der Waals surface area contributed by atoms with Crippen LogP contribution in [-0.4, -0.2) is 41.8 Å². The van der Waals surface area contributed by atoms with Gasteiger partial charge in [0.05, 0.1) is 0 Å². The van der Waals surface area contributed by atoms with Crippen LogP contribution in [0, 0.1) is 11.8 Å². The van der Waals surface area contributed by atoms with Crippen LogP contribution >= 0.6 is 0 Å². The molecule has 0 radical (unpaired) electrons. The summed E-state index contributed by atoms with van der Waals surface area (Å²) < 4.78 is 5.58. The van der Waals surface area contributed by atoms with E-state index in [1.54, 1.807) is 0 Å². The van der Waals surface area contributed by atoms with Gasteiger partial charge < -0.3 is 20.5 Å². The number of aliphatic carboxylic acids is 1. The van der Waals surface area contributed by atoms with E-state index in [0.29, 0.717) is 11.8 Å². The van der Waals surface area contributed by atoms with Crippen LogP contribution in [0.15, 0.2) is 48.5 Å². The van der Waals surface area contributed by atoms with Crippen molar-refractivity contribution in [1.82, 2.24) is 10.6 Å². The minimum Gasteiger partial charge on any atom is -0.481 e. The van der Waals surface area contributed by atoms with E-state index in [9.17, 15) is 14.4 Å². The van der Waals surface area contributed by atoms with Gasteiger partial charge in [-0.2, -0.15) is 0 Å². The third-order valence-electron chi connectivity index (χ3n) is 7.83. The van der Waals surface area contributed by atoms with Gasteiger partial charge in [-0.25, -0.2) is 4.79 Å². The Hall–Kier alpha value is -3.35. The summed E-state index contributed by atoms with van der Waals surface area (Å²) in [6, 6.07) is 15.3. The highest BCUT2D eigenvalue weighted by Gasteiger charge is 2.36. The fourth-order valence-corrected chi connectivity index (χ4v) is 6.25. The van der Waals surface area contributed by atoms with Gasteiger partial charge in [-0.3, -0.25) is 9.59 Å². The molecule has 7 heteroatoms. The van der Waals surface area contributed by atoms with Gasteiger partial charge in [0.15, 0.2) is 0 Å². The average Bonchev–Trinajstić information content (AvgIpc) is 3.36.